The highest BCUT2D eigenvalue weighted by Gasteiger charge is 2.46. The molecule has 1 aromatic heterocycles. The molecule has 2 aliphatic rings. The van der Waals surface area contributed by atoms with Crippen LogP contribution < -0.4 is 9.47 Å². The first kappa shape index (κ1) is 22.6. The summed E-state index contributed by atoms with van der Waals surface area (Å²) in [7, 11) is 3.09. The quantitative estimate of drug-likeness (QED) is 0.664. The minimum absolute atomic E-state index is 0.159. The van der Waals surface area contributed by atoms with Gasteiger partial charge in [-0.2, -0.15) is 28.3 Å². The van der Waals surface area contributed by atoms with Gasteiger partial charge in [0.1, 0.15) is 11.5 Å². The molecule has 0 atom stereocenters. The molecule has 3 heterocycles. The second-order valence-corrected chi connectivity index (χ2v) is 8.08. The third-order valence-electron chi connectivity index (χ3n) is 5.09. The molecule has 0 saturated carbocycles. The Bertz CT molecular complexity index is 1280. The van der Waals surface area contributed by atoms with Gasteiger partial charge in [-0.15, -0.1) is 0 Å². The minimum Gasteiger partial charge on any atom is -0.497 e. The Kier molecular flexibility index (Phi) is 5.56. The Labute approximate surface area is 190 Å². The maximum absolute atomic E-state index is 13.0. The zero-order valence-electron chi connectivity index (χ0n) is 17.9. The molecule has 1 aromatic carbocycles. The number of rotatable bonds is 4. The summed E-state index contributed by atoms with van der Waals surface area (Å²) < 4.78 is 51.7. The van der Waals surface area contributed by atoms with Crippen LogP contribution in [-0.2, 0) is 4.79 Å². The first-order valence-corrected chi connectivity index (χ1v) is 10.4. The molecule has 0 aliphatic carbocycles. The summed E-state index contributed by atoms with van der Waals surface area (Å²) in [6.45, 7) is 3.68. The van der Waals surface area contributed by atoms with E-state index < -0.39 is 23.0 Å². The summed E-state index contributed by atoms with van der Waals surface area (Å²) in [6.07, 6.45) is -3.26. The average molecular weight is 477 g/mol. The number of ether oxygens (including phenoxy) is 2. The Morgan fingerprint density at radius 1 is 1.15 bits per heavy atom. The Morgan fingerprint density at radius 3 is 2.52 bits per heavy atom. The molecular weight excluding hydrogens is 459 g/mol. The number of aliphatic imine (C=N–C) groups is 1. The molecular formula is C21H18F3N5O3S. The van der Waals surface area contributed by atoms with Gasteiger partial charge >= 0.3 is 6.18 Å². The molecule has 0 radical (unpaired) electrons. The molecule has 2 aliphatic heterocycles. The summed E-state index contributed by atoms with van der Waals surface area (Å²) in [6, 6.07) is 7.15. The van der Waals surface area contributed by atoms with E-state index in [4.69, 9.17) is 14.9 Å². The van der Waals surface area contributed by atoms with Crippen molar-refractivity contribution >= 4 is 39.8 Å². The number of carbonyl (C=O) groups excluding carboxylic acids is 1. The number of carbonyl (C=O) groups is 1. The van der Waals surface area contributed by atoms with E-state index in [1.807, 2.05) is 24.5 Å². The van der Waals surface area contributed by atoms with Crippen LogP contribution in [0, 0.1) is 19.3 Å². The van der Waals surface area contributed by atoms with Crippen LogP contribution in [0.4, 0.5) is 13.2 Å². The summed E-state index contributed by atoms with van der Waals surface area (Å²) in [4.78, 5) is 16.2. The number of aromatic nitrogens is 1. The van der Waals surface area contributed by atoms with Crippen molar-refractivity contribution < 1.29 is 27.4 Å². The molecule has 2 aromatic rings. The average Bonchev–Trinajstić information content (AvgIpc) is 3.31. The summed E-state index contributed by atoms with van der Waals surface area (Å²) in [5.41, 5.74) is 2.72. The van der Waals surface area contributed by atoms with Gasteiger partial charge in [0.25, 0.3) is 5.91 Å². The van der Waals surface area contributed by atoms with Crippen LogP contribution >= 0.6 is 11.8 Å². The largest absolute Gasteiger partial charge is 0.497 e. The molecule has 0 unspecified atom stereocenters. The Morgan fingerprint density at radius 2 is 1.88 bits per heavy atom. The summed E-state index contributed by atoms with van der Waals surface area (Å²) >= 11 is 0.215. The van der Waals surface area contributed by atoms with E-state index >= 15 is 0 Å². The molecule has 8 nitrogen and oxygen atoms in total. The maximum atomic E-state index is 13.0. The van der Waals surface area contributed by atoms with Crippen LogP contribution in [0.15, 0.2) is 39.9 Å². The van der Waals surface area contributed by atoms with Crippen molar-refractivity contribution in [1.29, 1.82) is 5.41 Å². The fraction of sp³-hybridized carbons (Fsp3) is 0.238. The molecule has 0 bridgehead atoms. The number of fused-ring (bicyclic) bond motifs is 1. The fourth-order valence-corrected chi connectivity index (χ4v) is 4.29. The van der Waals surface area contributed by atoms with Crippen LogP contribution in [0.25, 0.3) is 11.8 Å². The molecule has 33 heavy (non-hydrogen) atoms. The maximum Gasteiger partial charge on any atom is 0.441 e. The van der Waals surface area contributed by atoms with E-state index in [0.29, 0.717) is 17.1 Å². The first-order valence-electron chi connectivity index (χ1n) is 9.54. The van der Waals surface area contributed by atoms with Gasteiger partial charge in [-0.3, -0.25) is 10.2 Å². The number of amidine groups is 2. The predicted molar refractivity (Wildman–Crippen MR) is 119 cm³/mol. The van der Waals surface area contributed by atoms with Crippen molar-refractivity contribution in [1.82, 2.24) is 9.58 Å². The Hall–Kier alpha value is -3.54. The number of halogens is 3. The molecule has 12 heteroatoms. The number of aryl methyl sites for hydroxylation is 1. The number of amides is 1. The molecule has 0 fully saturated rings. The topological polar surface area (TPSA) is 92.3 Å². The summed E-state index contributed by atoms with van der Waals surface area (Å²) in [5.74, 6) is -0.0837. The molecule has 0 saturated heterocycles. The fourth-order valence-electron chi connectivity index (χ4n) is 3.54. The van der Waals surface area contributed by atoms with E-state index in [-0.39, 0.29) is 22.5 Å². The number of nitrogens with one attached hydrogen (secondary N) is 1. The van der Waals surface area contributed by atoms with Gasteiger partial charge in [-0.05, 0) is 55.4 Å². The lowest BCUT2D eigenvalue weighted by Gasteiger charge is -2.20. The molecule has 4 rings (SSSR count). The number of hydrogen-bond acceptors (Lipinski definition) is 6. The van der Waals surface area contributed by atoms with Crippen molar-refractivity contribution in [3.05, 3.63) is 46.8 Å². The third kappa shape index (κ3) is 3.90. The number of thioether (sulfide) groups is 1. The smallest absolute Gasteiger partial charge is 0.441 e. The van der Waals surface area contributed by atoms with Gasteiger partial charge in [-0.25, -0.2) is 0 Å². The van der Waals surface area contributed by atoms with Gasteiger partial charge in [0.15, 0.2) is 5.84 Å². The number of hydrogen-bond donors (Lipinski definition) is 1. The van der Waals surface area contributed by atoms with Crippen LogP contribution in [0.2, 0.25) is 0 Å². The number of nitrogens with zero attached hydrogens (tertiary/aromatic N) is 4. The minimum atomic E-state index is -4.69. The summed E-state index contributed by atoms with van der Waals surface area (Å²) in [5, 5.41) is 11.0. The van der Waals surface area contributed by atoms with Gasteiger partial charge in [-0.1, -0.05) is 0 Å². The predicted octanol–water partition coefficient (Wildman–Crippen LogP) is 4.29. The van der Waals surface area contributed by atoms with E-state index in [1.54, 1.807) is 25.3 Å². The lowest BCUT2D eigenvalue weighted by molar-refractivity contribution is -0.114. The van der Waals surface area contributed by atoms with Crippen molar-refractivity contribution in [2.75, 3.05) is 14.2 Å². The molecule has 1 amide bonds. The Balaban J connectivity index is 1.76. The van der Waals surface area contributed by atoms with Crippen molar-refractivity contribution in [2.45, 2.75) is 20.0 Å². The van der Waals surface area contributed by atoms with E-state index in [2.05, 4.69) is 10.1 Å². The van der Waals surface area contributed by atoms with Crippen molar-refractivity contribution in [2.24, 2.45) is 10.1 Å². The lowest BCUT2D eigenvalue weighted by atomic mass is 10.1. The first-order chi connectivity index (χ1) is 15.5. The standard InChI is InChI=1S/C21H18F3N5O3S/c1-10-7-12(11(2)28(10)15-6-5-13(31-3)9-16(15)32-4)8-14-17(25)29-20(26-18(14)30)33-19(27-29)21(22,23)24/h5-9,25H,1-4H3/b14-8-,25-17?. The normalized spacial score (nSPS) is 17.3. The number of alkyl halides is 3. The lowest BCUT2D eigenvalue weighted by Crippen LogP contribution is -2.35. The van der Waals surface area contributed by atoms with Gasteiger partial charge in [0, 0.05) is 17.5 Å². The second-order valence-electron chi connectivity index (χ2n) is 7.12. The van der Waals surface area contributed by atoms with Gasteiger partial charge in [0.2, 0.25) is 10.2 Å². The molecule has 1 N–H and O–H groups in total. The third-order valence-corrected chi connectivity index (χ3v) is 6.05. The van der Waals surface area contributed by atoms with E-state index in [9.17, 15) is 18.0 Å². The van der Waals surface area contributed by atoms with Crippen LogP contribution in [-0.4, -0.2) is 51.9 Å². The number of hydrazone groups is 1. The van der Waals surface area contributed by atoms with E-state index in [1.165, 1.54) is 13.2 Å². The van der Waals surface area contributed by atoms with Crippen LogP contribution in [0.3, 0.4) is 0 Å². The zero-order valence-corrected chi connectivity index (χ0v) is 18.8. The van der Waals surface area contributed by atoms with Gasteiger partial charge < -0.3 is 14.0 Å². The van der Waals surface area contributed by atoms with Gasteiger partial charge in [0.05, 0.1) is 25.5 Å². The molecule has 0 spiro atoms. The van der Waals surface area contributed by atoms with Crippen LogP contribution in [0.1, 0.15) is 17.0 Å². The number of methoxy groups -OCH3 is 2. The monoisotopic (exact) mass is 477 g/mol. The zero-order chi connectivity index (χ0) is 24.1. The van der Waals surface area contributed by atoms with Crippen molar-refractivity contribution in [3.63, 3.8) is 0 Å². The highest BCUT2D eigenvalue weighted by Crippen LogP contribution is 2.36. The van der Waals surface area contributed by atoms with E-state index in [0.717, 1.165) is 22.1 Å². The highest BCUT2D eigenvalue weighted by atomic mass is 32.2. The van der Waals surface area contributed by atoms with Crippen molar-refractivity contribution in [3.8, 4) is 17.2 Å². The van der Waals surface area contributed by atoms with Crippen LogP contribution in [0.5, 0.6) is 11.5 Å². The highest BCUT2D eigenvalue weighted by molar-refractivity contribution is 8.27. The number of benzene rings is 1. The second kappa shape index (κ2) is 8.10. The SMILES string of the molecule is COc1ccc(-n2c(C)cc(/C=C3/C(=N)N4N=C(C(F)(F)F)SC4=NC3=O)c2C)c(OC)c1. The molecule has 172 valence electrons.